The summed E-state index contributed by atoms with van der Waals surface area (Å²) in [5, 5.41) is 4.69. The highest BCUT2D eigenvalue weighted by atomic mass is 15.2. The van der Waals surface area contributed by atoms with Crippen molar-refractivity contribution in [2.24, 2.45) is 0 Å². The molecule has 0 aliphatic heterocycles. The highest BCUT2D eigenvalue weighted by Crippen LogP contribution is 2.51. The topological polar surface area (TPSA) is 48.5 Å². The van der Waals surface area contributed by atoms with Gasteiger partial charge in [0.25, 0.3) is 0 Å². The minimum atomic E-state index is -0.119. The van der Waals surface area contributed by atoms with Gasteiger partial charge >= 0.3 is 0 Å². The molecule has 0 bridgehead atoms. The quantitative estimate of drug-likeness (QED) is 0.160. The second-order valence-electron chi connectivity index (χ2n) is 19.2. The van der Waals surface area contributed by atoms with Crippen molar-refractivity contribution in [3.8, 4) is 78.9 Å². The minimum Gasteiger partial charge on any atom is -0.309 e. The van der Waals surface area contributed by atoms with Gasteiger partial charge in [-0.05, 0) is 111 Å². The van der Waals surface area contributed by atoms with E-state index in [9.17, 15) is 0 Å². The zero-order valence-corrected chi connectivity index (χ0v) is 39.3. The van der Waals surface area contributed by atoms with Crippen LogP contribution in [0, 0.1) is 0 Å². The Morgan fingerprint density at radius 3 is 1.42 bits per heavy atom. The number of para-hydroxylation sites is 1. The molecule has 0 amide bonds. The molecule has 0 N–H and O–H groups in total. The Morgan fingerprint density at radius 2 is 0.803 bits per heavy atom. The van der Waals surface area contributed by atoms with E-state index in [1.54, 1.807) is 0 Å². The van der Waals surface area contributed by atoms with Crippen LogP contribution in [0.25, 0.3) is 123 Å². The summed E-state index contributed by atoms with van der Waals surface area (Å²) >= 11 is 0. The van der Waals surface area contributed by atoms with E-state index in [0.717, 1.165) is 72.0 Å². The van der Waals surface area contributed by atoms with Crippen LogP contribution in [-0.2, 0) is 5.41 Å². The minimum absolute atomic E-state index is 0.119. The van der Waals surface area contributed by atoms with E-state index in [1.165, 1.54) is 44.1 Å². The smallest absolute Gasteiger partial charge is 0.238 e. The first-order chi connectivity index (χ1) is 35.0. The van der Waals surface area contributed by atoms with Gasteiger partial charge in [-0.2, -0.15) is 9.97 Å². The molecule has 0 spiro atoms. The molecular formula is C66H45N5. The van der Waals surface area contributed by atoms with Crippen LogP contribution in [0.15, 0.2) is 237 Å². The largest absolute Gasteiger partial charge is 0.309 e. The van der Waals surface area contributed by atoms with Crippen molar-refractivity contribution in [3.63, 3.8) is 0 Å². The lowest BCUT2D eigenvalue weighted by molar-refractivity contribution is 0.661. The van der Waals surface area contributed by atoms with Crippen LogP contribution < -0.4 is 0 Å². The summed E-state index contributed by atoms with van der Waals surface area (Å²) in [6.45, 7) is 4.72. The molecule has 0 saturated heterocycles. The number of fused-ring (bicyclic) bond motifs is 9. The molecule has 3 heterocycles. The highest BCUT2D eigenvalue weighted by Gasteiger charge is 2.36. The molecule has 0 radical (unpaired) electrons. The molecule has 1 aliphatic rings. The van der Waals surface area contributed by atoms with Gasteiger partial charge in [0.1, 0.15) is 0 Å². The second-order valence-corrected chi connectivity index (χ2v) is 19.2. The van der Waals surface area contributed by atoms with Crippen LogP contribution in [0.4, 0.5) is 0 Å². The molecule has 71 heavy (non-hydrogen) atoms. The van der Waals surface area contributed by atoms with Crippen molar-refractivity contribution < 1.29 is 0 Å². The number of rotatable bonds is 7. The van der Waals surface area contributed by atoms with Gasteiger partial charge in [0, 0.05) is 49.3 Å². The summed E-state index contributed by atoms with van der Waals surface area (Å²) in [5.74, 6) is 1.79. The molecule has 5 nitrogen and oxygen atoms in total. The van der Waals surface area contributed by atoms with Crippen LogP contribution in [0.1, 0.15) is 25.0 Å². The fourth-order valence-corrected chi connectivity index (χ4v) is 11.3. The molecule has 0 fully saturated rings. The van der Waals surface area contributed by atoms with Crippen LogP contribution in [-0.4, -0.2) is 24.1 Å². The lowest BCUT2D eigenvalue weighted by Crippen LogP contribution is -2.14. The molecule has 5 heteroatoms. The molecule has 3 aromatic heterocycles. The normalized spacial score (nSPS) is 12.8. The predicted molar refractivity (Wildman–Crippen MR) is 293 cm³/mol. The number of hydrogen-bond donors (Lipinski definition) is 0. The fraction of sp³-hybridized carbons (Fsp3) is 0.0455. The first-order valence-corrected chi connectivity index (χ1v) is 24.3. The number of benzene rings is 10. The van der Waals surface area contributed by atoms with E-state index in [4.69, 9.17) is 15.0 Å². The van der Waals surface area contributed by atoms with E-state index >= 15 is 0 Å². The van der Waals surface area contributed by atoms with Crippen molar-refractivity contribution in [1.29, 1.82) is 0 Å². The van der Waals surface area contributed by atoms with Gasteiger partial charge in [0.05, 0.1) is 22.1 Å². The molecule has 10 aromatic carbocycles. The SMILES string of the molecule is CC1(C)c2ccccc2-c2cc3c4cc(-c5ccc6c(c5)c5cc(-c7ccccc7)cc(-c7ccccc7)c5n6-c5nc(-c6ccccc6)nc(-c6ccccc6)n5)ccc4n(-c4ccccc4)c3cc21. The lowest BCUT2D eigenvalue weighted by Gasteiger charge is -2.21. The summed E-state index contributed by atoms with van der Waals surface area (Å²) in [5.41, 5.74) is 19.5. The van der Waals surface area contributed by atoms with Gasteiger partial charge in [-0.1, -0.05) is 190 Å². The summed E-state index contributed by atoms with van der Waals surface area (Å²) in [4.78, 5) is 15.8. The van der Waals surface area contributed by atoms with Crippen LogP contribution in [0.2, 0.25) is 0 Å². The Hall–Kier alpha value is -9.19. The summed E-state index contributed by atoms with van der Waals surface area (Å²) in [7, 11) is 0. The van der Waals surface area contributed by atoms with Gasteiger partial charge in [-0.25, -0.2) is 4.98 Å². The maximum Gasteiger partial charge on any atom is 0.238 e. The third-order valence-electron chi connectivity index (χ3n) is 14.8. The zero-order chi connectivity index (χ0) is 47.2. The first-order valence-electron chi connectivity index (χ1n) is 24.3. The molecule has 13 aromatic rings. The van der Waals surface area contributed by atoms with Crippen molar-refractivity contribution in [2.45, 2.75) is 19.3 Å². The maximum absolute atomic E-state index is 5.34. The Balaban J connectivity index is 1.05. The second kappa shape index (κ2) is 15.9. The average Bonchev–Trinajstić information content (AvgIpc) is 4.03. The van der Waals surface area contributed by atoms with E-state index in [-0.39, 0.29) is 5.41 Å². The Kier molecular flexibility index (Phi) is 9.17. The molecule has 0 atom stereocenters. The standard InChI is InChI=1S/C66H45N5/c1-66(2)57-31-19-18-30-50(57)52-40-55-53-36-46(32-34-59(53)70(61(55)41-58(52)66)49-28-16-7-17-29-49)47-33-35-60-54(37-47)56-39-48(42-20-8-3-9-21-42)38-51(43-22-10-4-11-23-43)62(56)71(60)65-68-63(44-24-12-5-13-25-44)67-64(69-65)45-26-14-6-15-27-45/h3-41H,1-2H3. The highest BCUT2D eigenvalue weighted by molar-refractivity contribution is 6.17. The monoisotopic (exact) mass is 907 g/mol. The first kappa shape index (κ1) is 40.8. The Morgan fingerprint density at radius 1 is 0.310 bits per heavy atom. The zero-order valence-electron chi connectivity index (χ0n) is 39.3. The predicted octanol–water partition coefficient (Wildman–Crippen LogP) is 16.7. The summed E-state index contributed by atoms with van der Waals surface area (Å²) in [6, 6.07) is 85.1. The number of aromatic nitrogens is 5. The van der Waals surface area contributed by atoms with E-state index in [1.807, 2.05) is 36.4 Å². The molecule has 14 rings (SSSR count). The van der Waals surface area contributed by atoms with Crippen molar-refractivity contribution in [3.05, 3.63) is 248 Å². The summed E-state index contributed by atoms with van der Waals surface area (Å²) < 4.78 is 4.71. The van der Waals surface area contributed by atoms with Gasteiger partial charge < -0.3 is 4.57 Å². The lowest BCUT2D eigenvalue weighted by atomic mass is 9.82. The third-order valence-corrected chi connectivity index (χ3v) is 14.8. The molecule has 1 aliphatic carbocycles. The summed E-state index contributed by atoms with van der Waals surface area (Å²) in [6.07, 6.45) is 0. The molecule has 0 saturated carbocycles. The van der Waals surface area contributed by atoms with Gasteiger partial charge in [-0.3, -0.25) is 4.57 Å². The van der Waals surface area contributed by atoms with Crippen molar-refractivity contribution >= 4 is 43.6 Å². The van der Waals surface area contributed by atoms with Crippen molar-refractivity contribution in [2.75, 3.05) is 0 Å². The van der Waals surface area contributed by atoms with E-state index in [2.05, 4.69) is 223 Å². The Labute approximate surface area is 411 Å². The van der Waals surface area contributed by atoms with Crippen LogP contribution in [0.3, 0.4) is 0 Å². The number of nitrogens with zero attached hydrogens (tertiary/aromatic N) is 5. The van der Waals surface area contributed by atoms with Crippen LogP contribution in [0.5, 0.6) is 0 Å². The fourth-order valence-electron chi connectivity index (χ4n) is 11.3. The molecule has 334 valence electrons. The third kappa shape index (κ3) is 6.51. The average molecular weight is 908 g/mol. The molecular weight excluding hydrogens is 863 g/mol. The van der Waals surface area contributed by atoms with Crippen molar-refractivity contribution in [1.82, 2.24) is 24.1 Å². The Bertz CT molecular complexity index is 4150. The van der Waals surface area contributed by atoms with E-state index in [0.29, 0.717) is 17.6 Å². The van der Waals surface area contributed by atoms with Gasteiger partial charge in [-0.15, -0.1) is 0 Å². The molecule has 0 unspecified atom stereocenters. The van der Waals surface area contributed by atoms with E-state index < -0.39 is 0 Å². The number of hydrogen-bond acceptors (Lipinski definition) is 3. The van der Waals surface area contributed by atoms with Gasteiger partial charge in [0.15, 0.2) is 11.6 Å². The maximum atomic E-state index is 5.34. The van der Waals surface area contributed by atoms with Gasteiger partial charge in [0.2, 0.25) is 5.95 Å². The van der Waals surface area contributed by atoms with Crippen LogP contribution >= 0.6 is 0 Å².